The third-order valence-electron chi connectivity index (χ3n) is 13.0. The number of nitrogens with zero attached hydrogens (tertiary/aromatic N) is 4. The van der Waals surface area contributed by atoms with E-state index in [9.17, 15) is 0 Å². The molecule has 3 N–H and O–H groups in total. The van der Waals surface area contributed by atoms with E-state index in [1.54, 1.807) is 0 Å². The molecule has 1 aliphatic rings. The molecule has 0 spiro atoms. The lowest BCUT2D eigenvalue weighted by Gasteiger charge is -2.18. The zero-order valence-electron chi connectivity index (χ0n) is 37.6. The van der Waals surface area contributed by atoms with Gasteiger partial charge in [-0.1, -0.05) is 146 Å². The second-order valence-electron chi connectivity index (χ2n) is 17.3. The fraction of sp³-hybridized carbons (Fsp3) is 0. The molecule has 9 aromatic carbocycles. The highest BCUT2D eigenvalue weighted by Gasteiger charge is 2.17. The van der Waals surface area contributed by atoms with Crippen molar-refractivity contribution in [1.82, 2.24) is 19.6 Å². The van der Waals surface area contributed by atoms with Crippen LogP contribution in [-0.4, -0.2) is 25.3 Å². The number of benzene rings is 9. The number of nitrogens with two attached hydrogens (primary N) is 1. The van der Waals surface area contributed by atoms with Crippen molar-refractivity contribution in [1.29, 1.82) is 5.41 Å². The van der Waals surface area contributed by atoms with Gasteiger partial charge in [-0.15, -0.1) is 0 Å². The Morgan fingerprint density at radius 1 is 0.377 bits per heavy atom. The zero-order valence-corrected chi connectivity index (χ0v) is 37.6. The number of fused-ring (bicyclic) bond motifs is 2. The molecule has 12 rings (SSSR count). The summed E-state index contributed by atoms with van der Waals surface area (Å²) >= 11 is 0. The van der Waals surface area contributed by atoms with Crippen LogP contribution in [0, 0.1) is 5.41 Å². The molecule has 0 amide bonds. The van der Waals surface area contributed by atoms with Gasteiger partial charge in [0.05, 0.1) is 33.7 Å². The maximum Gasteiger partial charge on any atom is 0.134 e. The van der Waals surface area contributed by atoms with Crippen LogP contribution in [0.2, 0.25) is 0 Å². The van der Waals surface area contributed by atoms with Crippen molar-refractivity contribution in [3.05, 3.63) is 261 Å². The van der Waals surface area contributed by atoms with Crippen LogP contribution in [0.4, 0.5) is 5.69 Å². The molecule has 0 bridgehead atoms. The first-order chi connectivity index (χ1) is 34.1. The third-order valence-corrected chi connectivity index (χ3v) is 13.0. The molecule has 0 saturated carbocycles. The number of aromatic nitrogens is 4. The SMILES string of the molecule is N=C1C=CC=C/C1=C/[NH2+]c1ccc(-c2ccccc2-c2cc(-c3ccccc3-c3ccc(-n4cc5ccccc5n4)cc3)cc(-c3ccccc3-c3ccc(-n4cc5ccccc5n4)cc3)c2)cc1. The van der Waals surface area contributed by atoms with Crippen molar-refractivity contribution in [2.45, 2.75) is 0 Å². The van der Waals surface area contributed by atoms with Gasteiger partial charge in [-0.2, -0.15) is 10.2 Å². The van der Waals surface area contributed by atoms with Crippen molar-refractivity contribution < 1.29 is 5.32 Å². The third kappa shape index (κ3) is 8.22. The highest BCUT2D eigenvalue weighted by Crippen LogP contribution is 2.42. The number of quaternary nitrogens is 1. The largest absolute Gasteiger partial charge is 0.300 e. The van der Waals surface area contributed by atoms with Gasteiger partial charge < -0.3 is 5.41 Å². The second-order valence-corrected chi connectivity index (χ2v) is 17.3. The first-order valence-corrected chi connectivity index (χ1v) is 23.2. The van der Waals surface area contributed by atoms with Crippen LogP contribution in [0.15, 0.2) is 261 Å². The number of hydrogen-bond acceptors (Lipinski definition) is 3. The van der Waals surface area contributed by atoms with Gasteiger partial charge in [-0.05, 0) is 158 Å². The van der Waals surface area contributed by atoms with E-state index >= 15 is 0 Å². The van der Waals surface area contributed by atoms with Crippen LogP contribution in [0.3, 0.4) is 0 Å². The lowest BCUT2D eigenvalue weighted by Crippen LogP contribution is -2.71. The molecular weight excluding hydrogens is 841 g/mol. The topological polar surface area (TPSA) is 76.1 Å². The van der Waals surface area contributed by atoms with Gasteiger partial charge in [0, 0.05) is 23.2 Å². The van der Waals surface area contributed by atoms with Gasteiger partial charge in [0.2, 0.25) is 0 Å². The summed E-state index contributed by atoms with van der Waals surface area (Å²) in [6.07, 6.45) is 13.8. The summed E-state index contributed by atoms with van der Waals surface area (Å²) in [7, 11) is 0. The summed E-state index contributed by atoms with van der Waals surface area (Å²) in [4.78, 5) is 0. The molecule has 6 heteroatoms. The molecule has 1 aliphatic carbocycles. The molecule has 326 valence electrons. The summed E-state index contributed by atoms with van der Waals surface area (Å²) in [6, 6.07) is 75.8. The number of allylic oxidation sites excluding steroid dienone is 5. The minimum absolute atomic E-state index is 0.514. The Kier molecular flexibility index (Phi) is 10.7. The summed E-state index contributed by atoms with van der Waals surface area (Å²) in [5, 5.41) is 22.3. The van der Waals surface area contributed by atoms with E-state index < -0.39 is 0 Å². The highest BCUT2D eigenvalue weighted by molar-refractivity contribution is 6.09. The van der Waals surface area contributed by atoms with E-state index in [0.29, 0.717) is 5.71 Å². The molecule has 6 nitrogen and oxygen atoms in total. The summed E-state index contributed by atoms with van der Waals surface area (Å²) in [6.45, 7) is 0. The number of nitrogens with one attached hydrogen (secondary N) is 1. The molecule has 2 heterocycles. The maximum absolute atomic E-state index is 8.29. The van der Waals surface area contributed by atoms with E-state index in [0.717, 1.165) is 111 Å². The van der Waals surface area contributed by atoms with Gasteiger partial charge in [0.1, 0.15) is 11.9 Å². The lowest BCUT2D eigenvalue weighted by atomic mass is 9.86. The van der Waals surface area contributed by atoms with Crippen LogP contribution in [0.5, 0.6) is 0 Å². The molecule has 0 unspecified atom stereocenters. The monoisotopic (exact) mass is 885 g/mol. The van der Waals surface area contributed by atoms with Gasteiger partial charge in [-0.3, -0.25) is 5.32 Å². The molecule has 2 aromatic heterocycles. The first kappa shape index (κ1) is 41.2. The van der Waals surface area contributed by atoms with Crippen LogP contribution >= 0.6 is 0 Å². The van der Waals surface area contributed by atoms with Gasteiger partial charge in [-0.25, -0.2) is 9.36 Å². The Bertz CT molecular complexity index is 3560. The quantitative estimate of drug-likeness (QED) is 0.134. The molecule has 0 atom stereocenters. The lowest BCUT2D eigenvalue weighted by molar-refractivity contribution is -0.496. The number of hydrogen-bond donors (Lipinski definition) is 2. The van der Waals surface area contributed by atoms with Crippen LogP contribution in [0.25, 0.3) is 99.9 Å². The highest BCUT2D eigenvalue weighted by atomic mass is 15.3. The summed E-state index contributed by atoms with van der Waals surface area (Å²) in [5.74, 6) is 0. The fourth-order valence-electron chi connectivity index (χ4n) is 9.44. The Labute approximate surface area is 400 Å². The second kappa shape index (κ2) is 17.9. The van der Waals surface area contributed by atoms with Crippen LogP contribution < -0.4 is 5.32 Å². The standard InChI is InChI=1S/C63H44N6/c64-61-22-10-1-13-46(61)40-65-52-31-25-43(26-32-52)55-16-4-7-19-58(55)49-37-50(59-20-8-5-17-56(59)44-27-33-53(34-28-44)68-41-47-14-2-11-23-62(47)66-68)39-51(38-49)60-21-9-6-18-57(60)45-29-35-54(36-30-45)69-42-48-15-3-12-24-63(48)67-69/h1-42,64-65H/p+1/b46-40-,64-61?. The van der Waals surface area contributed by atoms with Crippen molar-refractivity contribution in [3.8, 4) is 78.1 Å². The van der Waals surface area contributed by atoms with E-state index in [1.165, 1.54) is 0 Å². The number of rotatable bonds is 10. The molecule has 0 fully saturated rings. The van der Waals surface area contributed by atoms with Crippen molar-refractivity contribution in [2.75, 3.05) is 0 Å². The summed E-state index contributed by atoms with van der Waals surface area (Å²) < 4.78 is 3.92. The maximum atomic E-state index is 8.29. The smallest absolute Gasteiger partial charge is 0.134 e. The molecule has 11 aromatic rings. The van der Waals surface area contributed by atoms with E-state index in [4.69, 9.17) is 15.6 Å². The average molecular weight is 886 g/mol. The van der Waals surface area contributed by atoms with E-state index in [-0.39, 0.29) is 0 Å². The zero-order chi connectivity index (χ0) is 46.1. The fourth-order valence-corrected chi connectivity index (χ4v) is 9.44. The van der Waals surface area contributed by atoms with E-state index in [1.807, 2.05) is 76.3 Å². The molecule has 0 saturated heterocycles. The summed E-state index contributed by atoms with van der Waals surface area (Å²) in [5.41, 5.74) is 20.1. The van der Waals surface area contributed by atoms with Gasteiger partial charge in [0.15, 0.2) is 0 Å². The predicted octanol–water partition coefficient (Wildman–Crippen LogP) is 14.6. The van der Waals surface area contributed by atoms with Crippen LogP contribution in [-0.2, 0) is 0 Å². The minimum Gasteiger partial charge on any atom is -0.300 e. The van der Waals surface area contributed by atoms with Gasteiger partial charge in [0.25, 0.3) is 0 Å². The Balaban J connectivity index is 0.956. The van der Waals surface area contributed by atoms with Crippen molar-refractivity contribution in [3.63, 3.8) is 0 Å². The van der Waals surface area contributed by atoms with Crippen molar-refractivity contribution in [2.24, 2.45) is 0 Å². The van der Waals surface area contributed by atoms with Gasteiger partial charge >= 0.3 is 0 Å². The predicted molar refractivity (Wildman–Crippen MR) is 284 cm³/mol. The Morgan fingerprint density at radius 2 is 0.739 bits per heavy atom. The molecule has 0 aliphatic heterocycles. The first-order valence-electron chi connectivity index (χ1n) is 23.2. The Morgan fingerprint density at radius 3 is 1.14 bits per heavy atom. The Hall–Kier alpha value is -9.23. The normalized spacial score (nSPS) is 12.9. The van der Waals surface area contributed by atoms with Crippen LogP contribution in [0.1, 0.15) is 0 Å². The average Bonchev–Trinajstić information content (AvgIpc) is 4.06. The molecule has 0 radical (unpaired) electrons. The minimum atomic E-state index is 0.514. The molecule has 69 heavy (non-hydrogen) atoms. The van der Waals surface area contributed by atoms with E-state index in [2.05, 4.69) is 194 Å². The van der Waals surface area contributed by atoms with Crippen molar-refractivity contribution >= 4 is 33.2 Å². The molecular formula is C63H45N6+.